The van der Waals surface area contributed by atoms with Crippen molar-refractivity contribution in [1.29, 1.82) is 0 Å². The Morgan fingerprint density at radius 3 is 2.56 bits per heavy atom. The number of nitrogens with zero attached hydrogens (tertiary/aromatic N) is 1. The first kappa shape index (κ1) is 18.8. The maximum absolute atomic E-state index is 12.3. The molecule has 2 aromatic carbocycles. The molecule has 1 N–H and O–H groups in total. The zero-order chi connectivity index (χ0) is 19.4. The van der Waals surface area contributed by atoms with Gasteiger partial charge in [0.2, 0.25) is 0 Å². The predicted molar refractivity (Wildman–Crippen MR) is 108 cm³/mol. The van der Waals surface area contributed by atoms with Crippen LogP contribution in [0.1, 0.15) is 27.7 Å². The summed E-state index contributed by atoms with van der Waals surface area (Å²) in [5.41, 5.74) is 3.45. The summed E-state index contributed by atoms with van der Waals surface area (Å²) in [6.45, 7) is 5.27. The van der Waals surface area contributed by atoms with Gasteiger partial charge in [0, 0.05) is 12.5 Å². The van der Waals surface area contributed by atoms with Crippen LogP contribution >= 0.6 is 11.3 Å². The molecule has 0 saturated heterocycles. The molecule has 0 radical (unpaired) electrons. The van der Waals surface area contributed by atoms with Gasteiger partial charge in [-0.15, -0.1) is 0 Å². The highest BCUT2D eigenvalue weighted by molar-refractivity contribution is 7.18. The van der Waals surface area contributed by atoms with Crippen molar-refractivity contribution in [3.05, 3.63) is 64.5 Å². The van der Waals surface area contributed by atoms with Gasteiger partial charge in [0.25, 0.3) is 5.91 Å². The number of Topliss-reactive ketones (excluding diaryl/α,β-unsaturated/α-hetero) is 1. The van der Waals surface area contributed by atoms with Crippen molar-refractivity contribution in [2.24, 2.45) is 0 Å². The molecular formula is C21H20N2O3S. The van der Waals surface area contributed by atoms with E-state index in [1.165, 1.54) is 18.3 Å². The van der Waals surface area contributed by atoms with Crippen LogP contribution in [0.5, 0.6) is 5.75 Å². The van der Waals surface area contributed by atoms with E-state index < -0.39 is 0 Å². The third-order valence-electron chi connectivity index (χ3n) is 3.94. The van der Waals surface area contributed by atoms with Gasteiger partial charge in [0.05, 0.1) is 10.6 Å². The molecule has 0 bridgehead atoms. The lowest BCUT2D eigenvalue weighted by atomic mass is 10.1. The molecule has 0 aliphatic carbocycles. The summed E-state index contributed by atoms with van der Waals surface area (Å²) in [5.74, 6) is 0.275. The first-order valence-corrected chi connectivity index (χ1v) is 9.33. The molecule has 0 aliphatic rings. The topological polar surface area (TPSA) is 68.3 Å². The molecule has 0 spiro atoms. The fourth-order valence-electron chi connectivity index (χ4n) is 2.57. The highest BCUT2D eigenvalue weighted by Crippen LogP contribution is 2.31. The van der Waals surface area contributed by atoms with Crippen molar-refractivity contribution in [2.75, 3.05) is 11.9 Å². The number of nitrogens with one attached hydrogen (secondary N) is 1. The third kappa shape index (κ3) is 4.60. The molecule has 0 unspecified atom stereocenters. The van der Waals surface area contributed by atoms with E-state index in [9.17, 15) is 9.59 Å². The molecule has 138 valence electrons. The van der Waals surface area contributed by atoms with Crippen molar-refractivity contribution in [1.82, 2.24) is 4.98 Å². The molecular weight excluding hydrogens is 360 g/mol. The molecule has 3 aromatic rings. The highest BCUT2D eigenvalue weighted by Gasteiger charge is 2.18. The fourth-order valence-corrected chi connectivity index (χ4v) is 3.46. The van der Waals surface area contributed by atoms with E-state index in [2.05, 4.69) is 10.3 Å². The lowest BCUT2D eigenvalue weighted by Gasteiger charge is -2.09. The van der Waals surface area contributed by atoms with Crippen LogP contribution in [0.2, 0.25) is 0 Å². The van der Waals surface area contributed by atoms with Crippen LogP contribution in [-0.4, -0.2) is 23.3 Å². The Morgan fingerprint density at radius 2 is 1.85 bits per heavy atom. The molecule has 1 amide bonds. The second kappa shape index (κ2) is 8.14. The number of hydrogen-bond acceptors (Lipinski definition) is 5. The van der Waals surface area contributed by atoms with Gasteiger partial charge in [-0.2, -0.15) is 0 Å². The predicted octanol–water partition coefficient (Wildman–Crippen LogP) is 4.65. The maximum atomic E-state index is 12.3. The van der Waals surface area contributed by atoms with Crippen molar-refractivity contribution in [3.63, 3.8) is 0 Å². The van der Waals surface area contributed by atoms with Gasteiger partial charge in [0.15, 0.2) is 17.5 Å². The van der Waals surface area contributed by atoms with Gasteiger partial charge in [-0.3, -0.25) is 14.9 Å². The summed E-state index contributed by atoms with van der Waals surface area (Å²) in [7, 11) is 0. The molecule has 0 fully saturated rings. The van der Waals surface area contributed by atoms with Crippen LogP contribution in [0.3, 0.4) is 0 Å². The minimum absolute atomic E-state index is 0.0847. The number of aryl methyl sites for hydroxylation is 2. The minimum atomic E-state index is -0.320. The van der Waals surface area contributed by atoms with Gasteiger partial charge in [0.1, 0.15) is 5.75 Å². The Morgan fingerprint density at radius 1 is 1.11 bits per heavy atom. The largest absolute Gasteiger partial charge is 0.483 e. The van der Waals surface area contributed by atoms with E-state index in [0.29, 0.717) is 21.5 Å². The van der Waals surface area contributed by atoms with Crippen LogP contribution in [0.4, 0.5) is 5.13 Å². The summed E-state index contributed by atoms with van der Waals surface area (Å²) in [4.78, 5) is 29.2. The number of aromatic nitrogens is 1. The SMILES string of the molecule is CC(=O)c1sc(NC(=O)COc2cc(C)ccc2C)nc1-c1ccccc1. The van der Waals surface area contributed by atoms with E-state index in [0.717, 1.165) is 16.7 Å². The van der Waals surface area contributed by atoms with Crippen LogP contribution in [-0.2, 0) is 4.79 Å². The molecule has 0 saturated carbocycles. The third-order valence-corrected chi connectivity index (χ3v) is 5.01. The lowest BCUT2D eigenvalue weighted by Crippen LogP contribution is -2.20. The monoisotopic (exact) mass is 380 g/mol. The first-order chi connectivity index (χ1) is 12.9. The van der Waals surface area contributed by atoms with E-state index >= 15 is 0 Å². The number of benzene rings is 2. The molecule has 1 aromatic heterocycles. The average Bonchev–Trinajstić information content (AvgIpc) is 3.07. The van der Waals surface area contributed by atoms with E-state index in [1.54, 1.807) is 0 Å². The van der Waals surface area contributed by atoms with Crippen LogP contribution in [0.25, 0.3) is 11.3 Å². The highest BCUT2D eigenvalue weighted by atomic mass is 32.1. The molecule has 27 heavy (non-hydrogen) atoms. The lowest BCUT2D eigenvalue weighted by molar-refractivity contribution is -0.118. The van der Waals surface area contributed by atoms with Crippen LogP contribution < -0.4 is 10.1 Å². The Bertz CT molecular complexity index is 980. The second-order valence-electron chi connectivity index (χ2n) is 6.22. The Hall–Kier alpha value is -2.99. The van der Waals surface area contributed by atoms with Gasteiger partial charge in [-0.1, -0.05) is 53.8 Å². The number of thiazole rings is 1. The molecule has 6 heteroatoms. The minimum Gasteiger partial charge on any atom is -0.483 e. The summed E-state index contributed by atoms with van der Waals surface area (Å²) in [6, 6.07) is 15.3. The molecule has 5 nitrogen and oxygen atoms in total. The summed E-state index contributed by atoms with van der Waals surface area (Å²) >= 11 is 1.17. The van der Waals surface area contributed by atoms with Crippen molar-refractivity contribution < 1.29 is 14.3 Å². The van der Waals surface area contributed by atoms with E-state index in [4.69, 9.17) is 4.74 Å². The molecule has 1 heterocycles. The number of ketones is 1. The summed E-state index contributed by atoms with van der Waals surface area (Å²) in [5, 5.41) is 3.11. The number of amides is 1. The van der Waals surface area contributed by atoms with Crippen molar-refractivity contribution in [2.45, 2.75) is 20.8 Å². The first-order valence-electron chi connectivity index (χ1n) is 8.51. The Labute approximate surface area is 162 Å². The average molecular weight is 380 g/mol. The second-order valence-corrected chi connectivity index (χ2v) is 7.22. The quantitative estimate of drug-likeness (QED) is 0.632. The Kier molecular flexibility index (Phi) is 5.66. The van der Waals surface area contributed by atoms with Crippen LogP contribution in [0.15, 0.2) is 48.5 Å². The van der Waals surface area contributed by atoms with Gasteiger partial charge >= 0.3 is 0 Å². The summed E-state index contributed by atoms with van der Waals surface area (Å²) in [6.07, 6.45) is 0. The summed E-state index contributed by atoms with van der Waals surface area (Å²) < 4.78 is 5.62. The van der Waals surface area contributed by atoms with Gasteiger partial charge in [-0.25, -0.2) is 4.98 Å². The number of anilines is 1. The number of ether oxygens (including phenoxy) is 1. The van der Waals surface area contributed by atoms with Gasteiger partial charge in [-0.05, 0) is 31.0 Å². The van der Waals surface area contributed by atoms with Crippen molar-refractivity contribution in [3.8, 4) is 17.0 Å². The normalized spacial score (nSPS) is 10.5. The van der Waals surface area contributed by atoms with Gasteiger partial charge < -0.3 is 4.74 Å². The van der Waals surface area contributed by atoms with Crippen molar-refractivity contribution >= 4 is 28.2 Å². The number of rotatable bonds is 6. The van der Waals surface area contributed by atoms with Crippen LogP contribution in [0, 0.1) is 13.8 Å². The fraction of sp³-hybridized carbons (Fsp3) is 0.190. The van der Waals surface area contributed by atoms with E-state index in [-0.39, 0.29) is 18.3 Å². The number of carbonyl (C=O) groups is 2. The smallest absolute Gasteiger partial charge is 0.264 e. The zero-order valence-electron chi connectivity index (χ0n) is 15.4. The molecule has 0 aliphatic heterocycles. The maximum Gasteiger partial charge on any atom is 0.264 e. The van der Waals surface area contributed by atoms with E-state index in [1.807, 2.05) is 62.4 Å². The molecule has 3 rings (SSSR count). The molecule has 0 atom stereocenters. The number of carbonyl (C=O) groups excluding carboxylic acids is 2. The number of hydrogen-bond donors (Lipinski definition) is 1. The zero-order valence-corrected chi connectivity index (χ0v) is 16.2. The Balaban J connectivity index is 1.73. The standard InChI is InChI=1S/C21H20N2O3S/c1-13-9-10-14(2)17(11-13)26-12-18(25)22-21-23-19(20(27-21)15(3)24)16-7-5-4-6-8-16/h4-11H,12H2,1-3H3,(H,22,23,25).